The monoisotopic (exact) mass is 186 g/mol. The summed E-state index contributed by atoms with van der Waals surface area (Å²) in [6.07, 6.45) is 2.35. The molecular formula is C9H18N2S. The minimum atomic E-state index is 0.199. The summed E-state index contributed by atoms with van der Waals surface area (Å²) in [5.41, 5.74) is 5.87. The van der Waals surface area contributed by atoms with Crippen LogP contribution in [0.3, 0.4) is 0 Å². The summed E-state index contributed by atoms with van der Waals surface area (Å²) in [6, 6.07) is 0.333. The van der Waals surface area contributed by atoms with Gasteiger partial charge in [0.1, 0.15) is 0 Å². The fourth-order valence-electron chi connectivity index (χ4n) is 1.87. The maximum absolute atomic E-state index is 5.67. The molecule has 0 radical (unpaired) electrons. The molecule has 1 saturated heterocycles. The lowest BCUT2D eigenvalue weighted by Crippen LogP contribution is -2.49. The topological polar surface area (TPSA) is 29.3 Å². The molecule has 0 aromatic heterocycles. The van der Waals surface area contributed by atoms with Crippen LogP contribution in [0.25, 0.3) is 0 Å². The number of nitrogens with two attached hydrogens (primary N) is 1. The van der Waals surface area contributed by atoms with Gasteiger partial charge in [-0.2, -0.15) is 0 Å². The Morgan fingerprint density at radius 1 is 1.50 bits per heavy atom. The molecule has 2 N–H and O–H groups in total. The highest BCUT2D eigenvalue weighted by Gasteiger charge is 2.34. The molecule has 0 spiro atoms. The van der Waals surface area contributed by atoms with Crippen molar-refractivity contribution in [2.75, 3.05) is 6.54 Å². The second kappa shape index (κ2) is 3.30. The van der Waals surface area contributed by atoms with Crippen molar-refractivity contribution in [3.8, 4) is 0 Å². The fourth-order valence-corrected chi connectivity index (χ4v) is 2.11. The second-order valence-corrected chi connectivity index (χ2v) is 4.90. The van der Waals surface area contributed by atoms with Crippen LogP contribution in [0.4, 0.5) is 0 Å². The van der Waals surface area contributed by atoms with Crippen molar-refractivity contribution < 1.29 is 0 Å². The van der Waals surface area contributed by atoms with Crippen LogP contribution in [0.2, 0.25) is 0 Å². The Kier molecular flexibility index (Phi) is 2.74. The van der Waals surface area contributed by atoms with Gasteiger partial charge in [0.25, 0.3) is 0 Å². The van der Waals surface area contributed by atoms with Gasteiger partial charge in [-0.25, -0.2) is 0 Å². The minimum absolute atomic E-state index is 0.199. The summed E-state index contributed by atoms with van der Waals surface area (Å²) in [4.78, 5) is 3.05. The van der Waals surface area contributed by atoms with E-state index in [0.717, 1.165) is 13.0 Å². The van der Waals surface area contributed by atoms with Gasteiger partial charge in [-0.15, -0.1) is 0 Å². The molecule has 70 valence electrons. The average molecular weight is 186 g/mol. The number of hydrogen-bond acceptors (Lipinski definition) is 2. The van der Waals surface area contributed by atoms with E-state index in [9.17, 15) is 0 Å². The predicted octanol–water partition coefficient (Wildman–Crippen LogP) is 1.54. The zero-order chi connectivity index (χ0) is 9.35. The van der Waals surface area contributed by atoms with Crippen molar-refractivity contribution in [3.05, 3.63) is 0 Å². The largest absolute Gasteiger partial charge is 0.392 e. The van der Waals surface area contributed by atoms with E-state index in [2.05, 4.69) is 25.7 Å². The molecule has 0 bridgehead atoms. The highest BCUT2D eigenvalue weighted by molar-refractivity contribution is 7.80. The zero-order valence-corrected chi connectivity index (χ0v) is 8.95. The Bertz CT molecular complexity index is 183. The van der Waals surface area contributed by atoms with Crippen molar-refractivity contribution in [1.29, 1.82) is 0 Å². The number of thiocarbonyl (C=S) groups is 1. The van der Waals surface area contributed by atoms with E-state index in [4.69, 9.17) is 18.0 Å². The van der Waals surface area contributed by atoms with Gasteiger partial charge in [0.15, 0.2) is 0 Å². The first-order valence-electron chi connectivity index (χ1n) is 4.49. The Balaban J connectivity index is 2.71. The standard InChI is InChI=1S/C9H18N2S/c1-9(2,3)11-6-4-5-7(11)8(10)12/h7H,4-6H2,1-3H3,(H2,10,12). The molecule has 1 atom stereocenters. The van der Waals surface area contributed by atoms with Gasteiger partial charge in [0, 0.05) is 5.54 Å². The third-order valence-electron chi connectivity index (χ3n) is 2.44. The zero-order valence-electron chi connectivity index (χ0n) is 8.13. The van der Waals surface area contributed by atoms with E-state index in [0.29, 0.717) is 11.0 Å². The van der Waals surface area contributed by atoms with Crippen molar-refractivity contribution >= 4 is 17.2 Å². The summed E-state index contributed by atoms with van der Waals surface area (Å²) < 4.78 is 0. The van der Waals surface area contributed by atoms with E-state index in [-0.39, 0.29) is 5.54 Å². The third-order valence-corrected chi connectivity index (χ3v) is 2.71. The Hall–Kier alpha value is -0.150. The number of hydrogen-bond donors (Lipinski definition) is 1. The highest BCUT2D eigenvalue weighted by atomic mass is 32.1. The average Bonchev–Trinajstić information content (AvgIpc) is 2.30. The Labute approximate surface area is 80.1 Å². The van der Waals surface area contributed by atoms with Gasteiger partial charge in [-0.1, -0.05) is 12.2 Å². The summed E-state index contributed by atoms with van der Waals surface area (Å²) >= 11 is 5.04. The summed E-state index contributed by atoms with van der Waals surface area (Å²) in [6.45, 7) is 7.77. The lowest BCUT2D eigenvalue weighted by Gasteiger charge is -2.36. The molecule has 1 rings (SSSR count). The molecule has 0 aromatic carbocycles. The molecule has 3 heteroatoms. The van der Waals surface area contributed by atoms with Crippen molar-refractivity contribution in [1.82, 2.24) is 4.90 Å². The third kappa shape index (κ3) is 1.96. The van der Waals surface area contributed by atoms with Gasteiger partial charge in [-0.05, 0) is 40.2 Å². The number of nitrogens with zero attached hydrogens (tertiary/aromatic N) is 1. The van der Waals surface area contributed by atoms with E-state index < -0.39 is 0 Å². The number of likely N-dealkylation sites (tertiary alicyclic amines) is 1. The van der Waals surface area contributed by atoms with Crippen LogP contribution in [0, 0.1) is 0 Å². The van der Waals surface area contributed by atoms with Gasteiger partial charge in [0.05, 0.1) is 11.0 Å². The van der Waals surface area contributed by atoms with Gasteiger partial charge < -0.3 is 5.73 Å². The van der Waals surface area contributed by atoms with E-state index >= 15 is 0 Å². The van der Waals surface area contributed by atoms with Crippen LogP contribution in [0.15, 0.2) is 0 Å². The van der Waals surface area contributed by atoms with E-state index in [1.807, 2.05) is 0 Å². The van der Waals surface area contributed by atoms with Gasteiger partial charge >= 0.3 is 0 Å². The molecule has 1 aliphatic heterocycles. The minimum Gasteiger partial charge on any atom is -0.392 e. The van der Waals surface area contributed by atoms with Crippen LogP contribution in [0.5, 0.6) is 0 Å². The van der Waals surface area contributed by atoms with Crippen molar-refractivity contribution in [2.24, 2.45) is 5.73 Å². The van der Waals surface area contributed by atoms with Crippen LogP contribution in [-0.2, 0) is 0 Å². The molecule has 12 heavy (non-hydrogen) atoms. The predicted molar refractivity (Wildman–Crippen MR) is 56.3 cm³/mol. The fraction of sp³-hybridized carbons (Fsp3) is 0.889. The van der Waals surface area contributed by atoms with E-state index in [1.54, 1.807) is 0 Å². The first-order chi connectivity index (χ1) is 5.43. The maximum atomic E-state index is 5.67. The first-order valence-corrected chi connectivity index (χ1v) is 4.90. The summed E-state index contributed by atoms with van der Waals surface area (Å²) in [7, 11) is 0. The van der Waals surface area contributed by atoms with Crippen LogP contribution in [0.1, 0.15) is 33.6 Å². The number of rotatable bonds is 1. The second-order valence-electron chi connectivity index (χ2n) is 4.42. The van der Waals surface area contributed by atoms with Crippen LogP contribution in [-0.4, -0.2) is 28.0 Å². The molecule has 0 saturated carbocycles. The normalized spacial score (nSPS) is 26.1. The maximum Gasteiger partial charge on any atom is 0.0902 e. The van der Waals surface area contributed by atoms with Gasteiger partial charge in [-0.3, -0.25) is 4.90 Å². The lowest BCUT2D eigenvalue weighted by atomic mass is 10.0. The molecule has 1 unspecified atom stereocenters. The Morgan fingerprint density at radius 2 is 2.08 bits per heavy atom. The van der Waals surface area contributed by atoms with Crippen molar-refractivity contribution in [2.45, 2.75) is 45.2 Å². The summed E-state index contributed by atoms with van der Waals surface area (Å²) in [5, 5.41) is 0. The lowest BCUT2D eigenvalue weighted by molar-refractivity contribution is 0.152. The van der Waals surface area contributed by atoms with E-state index in [1.165, 1.54) is 6.42 Å². The van der Waals surface area contributed by atoms with Crippen molar-refractivity contribution in [3.63, 3.8) is 0 Å². The quantitative estimate of drug-likeness (QED) is 0.630. The van der Waals surface area contributed by atoms with Gasteiger partial charge in [0.2, 0.25) is 0 Å². The van der Waals surface area contributed by atoms with Crippen LogP contribution >= 0.6 is 12.2 Å². The highest BCUT2D eigenvalue weighted by Crippen LogP contribution is 2.26. The molecule has 1 heterocycles. The SMILES string of the molecule is CC(C)(C)N1CCCC1C(N)=S. The molecular weight excluding hydrogens is 168 g/mol. The molecule has 1 aliphatic rings. The first kappa shape index (κ1) is 9.93. The Morgan fingerprint density at radius 3 is 2.42 bits per heavy atom. The molecule has 0 aliphatic carbocycles. The molecule has 2 nitrogen and oxygen atoms in total. The molecule has 1 fully saturated rings. The van der Waals surface area contributed by atoms with Crippen LogP contribution < -0.4 is 5.73 Å². The summed E-state index contributed by atoms with van der Waals surface area (Å²) in [5.74, 6) is 0. The smallest absolute Gasteiger partial charge is 0.0902 e. The molecule has 0 aromatic rings. The molecule has 0 amide bonds.